The molecule has 0 radical (unpaired) electrons. The fraction of sp³-hybridized carbons (Fsp3) is 0.154. The van der Waals surface area contributed by atoms with Crippen molar-refractivity contribution in [2.45, 2.75) is 13.8 Å². The fourth-order valence-electron chi connectivity index (χ4n) is 4.58. The van der Waals surface area contributed by atoms with Gasteiger partial charge in [0.2, 0.25) is 12.3 Å². The first-order chi connectivity index (χ1) is 15.1. The molecule has 0 saturated heterocycles. The monoisotopic (exact) mass is 408 g/mol. The van der Waals surface area contributed by atoms with Crippen LogP contribution in [0, 0.1) is 13.8 Å². The second kappa shape index (κ2) is 6.57. The van der Waals surface area contributed by atoms with Crippen molar-refractivity contribution in [1.82, 2.24) is 9.38 Å². The Balaban J connectivity index is 1.76. The Hall–Kier alpha value is -3.86. The number of rotatable bonds is 2. The predicted molar refractivity (Wildman–Crippen MR) is 120 cm³/mol. The summed E-state index contributed by atoms with van der Waals surface area (Å²) >= 11 is 0. The molecule has 0 spiro atoms. The number of ether oxygens (including phenoxy) is 2. The van der Waals surface area contributed by atoms with Crippen LogP contribution < -0.4 is 19.3 Å². The van der Waals surface area contributed by atoms with Crippen molar-refractivity contribution < 1.29 is 14.0 Å². The number of imidazole rings is 1. The number of fused-ring (bicyclic) bond motifs is 4. The third kappa shape index (κ3) is 2.63. The molecule has 5 aromatic rings. The predicted octanol–water partition coefficient (Wildman–Crippen LogP) is 3.87. The molecule has 5 heteroatoms. The van der Waals surface area contributed by atoms with Crippen molar-refractivity contribution >= 4 is 22.6 Å². The van der Waals surface area contributed by atoms with Gasteiger partial charge in [0.1, 0.15) is 5.52 Å². The van der Waals surface area contributed by atoms with Gasteiger partial charge >= 0.3 is 0 Å². The Morgan fingerprint density at radius 3 is 2.65 bits per heavy atom. The van der Waals surface area contributed by atoms with Gasteiger partial charge in [-0.3, -0.25) is 0 Å². The number of aromatic nitrogens is 3. The van der Waals surface area contributed by atoms with Gasteiger partial charge in [-0.05, 0) is 41.2 Å². The van der Waals surface area contributed by atoms with E-state index in [9.17, 15) is 0 Å². The summed E-state index contributed by atoms with van der Waals surface area (Å²) in [5.41, 5.74) is 7.93. The van der Waals surface area contributed by atoms with Gasteiger partial charge in [0.05, 0.1) is 7.05 Å². The molecule has 0 aliphatic carbocycles. The largest absolute Gasteiger partial charge is 0.454 e. The van der Waals surface area contributed by atoms with Gasteiger partial charge < -0.3 is 13.9 Å². The molecule has 0 saturated carbocycles. The second-order valence-corrected chi connectivity index (χ2v) is 7.98. The summed E-state index contributed by atoms with van der Waals surface area (Å²) in [4.78, 5) is 4.93. The molecule has 0 amide bonds. The third-order valence-electron chi connectivity index (χ3n) is 6.23. The van der Waals surface area contributed by atoms with Gasteiger partial charge in [0.15, 0.2) is 17.0 Å². The lowest BCUT2D eigenvalue weighted by molar-refractivity contribution is -0.651. The second-order valence-electron chi connectivity index (χ2n) is 7.98. The van der Waals surface area contributed by atoms with E-state index in [-0.39, 0.29) is 6.79 Å². The van der Waals surface area contributed by atoms with Crippen LogP contribution in [0.2, 0.25) is 0 Å². The Bertz CT molecular complexity index is 1530. The molecular weight excluding hydrogens is 386 g/mol. The van der Waals surface area contributed by atoms with Crippen LogP contribution in [-0.2, 0) is 7.05 Å². The minimum Gasteiger partial charge on any atom is -0.454 e. The highest BCUT2D eigenvalue weighted by atomic mass is 16.7. The van der Waals surface area contributed by atoms with E-state index >= 15 is 0 Å². The van der Waals surface area contributed by atoms with E-state index in [4.69, 9.17) is 14.5 Å². The number of hydrogen-bond acceptors (Lipinski definition) is 3. The van der Waals surface area contributed by atoms with E-state index in [1.807, 2.05) is 19.1 Å². The number of hydrogen-bond donors (Lipinski definition) is 0. The van der Waals surface area contributed by atoms with Gasteiger partial charge in [-0.25, -0.2) is 4.57 Å². The quantitative estimate of drug-likeness (QED) is 0.416. The molecule has 2 aromatic carbocycles. The zero-order chi connectivity index (χ0) is 21.1. The van der Waals surface area contributed by atoms with Crippen LogP contribution in [0.1, 0.15) is 17.1 Å². The van der Waals surface area contributed by atoms with Crippen LogP contribution in [0.3, 0.4) is 0 Å². The van der Waals surface area contributed by atoms with Crippen molar-refractivity contribution in [3.05, 3.63) is 83.1 Å². The topological polar surface area (TPSA) is 39.6 Å². The maximum atomic E-state index is 5.61. The van der Waals surface area contributed by atoms with Gasteiger partial charge in [0, 0.05) is 35.7 Å². The number of benzene rings is 2. The average molecular weight is 408 g/mol. The van der Waals surface area contributed by atoms with Gasteiger partial charge in [-0.15, -0.1) is 0 Å². The molecule has 152 valence electrons. The zero-order valence-electron chi connectivity index (χ0n) is 17.7. The molecule has 31 heavy (non-hydrogen) atoms. The molecule has 1 aliphatic heterocycles. The Morgan fingerprint density at radius 1 is 1.00 bits per heavy atom. The Kier molecular flexibility index (Phi) is 3.81. The van der Waals surface area contributed by atoms with Crippen LogP contribution in [0.25, 0.3) is 33.8 Å². The standard InChI is InChI=1S/C26H22N3O2/c1-16-24(19-7-5-4-6-8-19)20(13-18-9-10-22-23(14-18)31-15-30-22)26-25-21(11-12-29(16)26)28(3)17(2)27-25/h4-14H,15H2,1-3H3/q+1. The fourth-order valence-corrected chi connectivity index (χ4v) is 4.58. The lowest BCUT2D eigenvalue weighted by Crippen LogP contribution is -2.29. The lowest BCUT2D eigenvalue weighted by Gasteiger charge is -2.02. The minimum atomic E-state index is 0.274. The number of nitrogens with zero attached hydrogens (tertiary/aromatic N) is 3. The van der Waals surface area contributed by atoms with Gasteiger partial charge in [-0.2, -0.15) is 0 Å². The van der Waals surface area contributed by atoms with E-state index in [0.717, 1.165) is 44.7 Å². The highest BCUT2D eigenvalue weighted by Gasteiger charge is 2.23. The van der Waals surface area contributed by atoms with Crippen molar-refractivity contribution in [3.63, 3.8) is 0 Å². The first-order valence-corrected chi connectivity index (χ1v) is 10.4. The Labute approximate surface area is 179 Å². The molecule has 0 fully saturated rings. The first-order valence-electron chi connectivity index (χ1n) is 10.4. The van der Waals surface area contributed by atoms with Crippen LogP contribution in [0.15, 0.2) is 60.8 Å². The van der Waals surface area contributed by atoms with E-state index < -0.39 is 0 Å². The maximum absolute atomic E-state index is 5.61. The van der Waals surface area contributed by atoms with E-state index in [0.29, 0.717) is 0 Å². The normalized spacial score (nSPS) is 13.6. The molecule has 4 heterocycles. The third-order valence-corrected chi connectivity index (χ3v) is 6.23. The van der Waals surface area contributed by atoms with Crippen LogP contribution in [0.5, 0.6) is 11.5 Å². The number of aryl methyl sites for hydroxylation is 3. The van der Waals surface area contributed by atoms with Gasteiger partial charge in [-0.1, -0.05) is 36.4 Å². The van der Waals surface area contributed by atoms with Gasteiger partial charge in [0.25, 0.3) is 5.82 Å². The molecule has 0 unspecified atom stereocenters. The van der Waals surface area contributed by atoms with Crippen molar-refractivity contribution in [2.75, 3.05) is 6.79 Å². The summed E-state index contributed by atoms with van der Waals surface area (Å²) in [6, 6.07) is 18.8. The molecule has 6 rings (SSSR count). The molecule has 3 aromatic heterocycles. The van der Waals surface area contributed by atoms with Crippen molar-refractivity contribution in [1.29, 1.82) is 0 Å². The van der Waals surface area contributed by atoms with E-state index in [2.05, 4.69) is 77.7 Å². The first kappa shape index (κ1) is 18.0. The molecule has 0 bridgehead atoms. The van der Waals surface area contributed by atoms with E-state index in [1.165, 1.54) is 16.8 Å². The molecule has 1 aliphatic rings. The van der Waals surface area contributed by atoms with Crippen LogP contribution in [0.4, 0.5) is 0 Å². The average Bonchev–Trinajstić information content (AvgIpc) is 3.44. The summed E-state index contributed by atoms with van der Waals surface area (Å²) in [5.74, 6) is 2.58. The maximum Gasteiger partial charge on any atom is 0.296 e. The van der Waals surface area contributed by atoms with Crippen LogP contribution >= 0.6 is 0 Å². The molecule has 5 nitrogen and oxygen atoms in total. The molecule has 0 atom stereocenters. The summed E-state index contributed by atoms with van der Waals surface area (Å²) in [7, 11) is 2.07. The minimum absolute atomic E-state index is 0.274. The highest BCUT2D eigenvalue weighted by molar-refractivity contribution is 5.94. The molecular formula is C26H22N3O2+. The SMILES string of the molecule is Cc1c(-c2ccccc2)c(=Cc2ccc3c(c2)OCO3)c2c3nc(C)[n+](C)c3ccn12. The zero-order valence-corrected chi connectivity index (χ0v) is 17.7. The van der Waals surface area contributed by atoms with Crippen molar-refractivity contribution in [3.8, 4) is 22.6 Å². The summed E-state index contributed by atoms with van der Waals surface area (Å²) in [6.45, 7) is 4.50. The van der Waals surface area contributed by atoms with Crippen molar-refractivity contribution in [2.24, 2.45) is 7.05 Å². The molecule has 0 N–H and O–H groups in total. The lowest BCUT2D eigenvalue weighted by atomic mass is 10.0. The summed E-state index contributed by atoms with van der Waals surface area (Å²) in [6.07, 6.45) is 4.38. The number of pyridine rings is 1. The summed E-state index contributed by atoms with van der Waals surface area (Å²) < 4.78 is 15.5. The Morgan fingerprint density at radius 2 is 1.81 bits per heavy atom. The summed E-state index contributed by atoms with van der Waals surface area (Å²) in [5, 5.41) is 1.16. The van der Waals surface area contributed by atoms with Crippen LogP contribution in [-0.4, -0.2) is 16.2 Å². The highest BCUT2D eigenvalue weighted by Crippen LogP contribution is 2.33. The van der Waals surface area contributed by atoms with E-state index in [1.54, 1.807) is 0 Å². The smallest absolute Gasteiger partial charge is 0.296 e.